The van der Waals surface area contributed by atoms with Gasteiger partial charge >= 0.3 is 12.1 Å². The molecule has 2 amide bonds. The summed E-state index contributed by atoms with van der Waals surface area (Å²) in [6.45, 7) is 5.32. The molecule has 1 aromatic carbocycles. The van der Waals surface area contributed by atoms with Crippen LogP contribution in [0.5, 0.6) is 0 Å². The molecule has 0 aromatic heterocycles. The van der Waals surface area contributed by atoms with E-state index < -0.39 is 40.8 Å². The van der Waals surface area contributed by atoms with Gasteiger partial charge in [-0.1, -0.05) is 30.3 Å². The first kappa shape index (κ1) is 25.5. The third-order valence-corrected chi connectivity index (χ3v) is 7.73. The van der Waals surface area contributed by atoms with Crippen molar-refractivity contribution in [3.05, 3.63) is 35.9 Å². The molecule has 2 unspecified atom stereocenters. The molecule has 1 aromatic rings. The van der Waals surface area contributed by atoms with Crippen molar-refractivity contribution < 1.29 is 29.0 Å². The number of nitrogens with one attached hydrogen (secondary N) is 2. The molecule has 35 heavy (non-hydrogen) atoms. The van der Waals surface area contributed by atoms with Crippen LogP contribution in [0.4, 0.5) is 4.79 Å². The zero-order valence-electron chi connectivity index (χ0n) is 21.1. The molecule has 5 rings (SSSR count). The highest BCUT2D eigenvalue weighted by molar-refractivity contribution is 5.87. The lowest BCUT2D eigenvalue weighted by Gasteiger charge is -2.62. The summed E-state index contributed by atoms with van der Waals surface area (Å²) < 4.78 is 10.4. The fourth-order valence-electron chi connectivity index (χ4n) is 6.99. The number of hydrogen-bond donors (Lipinski definition) is 3. The normalized spacial score (nSPS) is 30.8. The molecule has 4 fully saturated rings. The molecule has 4 atom stereocenters. The van der Waals surface area contributed by atoms with Gasteiger partial charge in [0.15, 0.2) is 0 Å². The molecule has 4 aliphatic rings. The van der Waals surface area contributed by atoms with Gasteiger partial charge < -0.3 is 25.2 Å². The Morgan fingerprint density at radius 2 is 1.69 bits per heavy atom. The lowest BCUT2D eigenvalue weighted by atomic mass is 9.46. The molecule has 4 bridgehead atoms. The number of amides is 2. The molecule has 0 spiro atoms. The van der Waals surface area contributed by atoms with E-state index >= 15 is 0 Å². The first-order chi connectivity index (χ1) is 16.4. The van der Waals surface area contributed by atoms with Gasteiger partial charge in [-0.25, -0.2) is 4.79 Å². The second-order valence-corrected chi connectivity index (χ2v) is 11.9. The van der Waals surface area contributed by atoms with Gasteiger partial charge in [-0.3, -0.25) is 9.59 Å². The third-order valence-electron chi connectivity index (χ3n) is 7.73. The van der Waals surface area contributed by atoms with Gasteiger partial charge in [0.2, 0.25) is 5.91 Å². The number of benzene rings is 1. The fourth-order valence-corrected chi connectivity index (χ4v) is 6.99. The maximum absolute atomic E-state index is 13.9. The van der Waals surface area contributed by atoms with E-state index in [9.17, 15) is 19.5 Å². The van der Waals surface area contributed by atoms with Crippen molar-refractivity contribution in [2.24, 2.45) is 17.3 Å². The maximum Gasteiger partial charge on any atom is 0.408 e. The summed E-state index contributed by atoms with van der Waals surface area (Å²) in [4.78, 5) is 38.9. The average Bonchev–Trinajstić information content (AvgIpc) is 2.74. The van der Waals surface area contributed by atoms with Crippen LogP contribution >= 0.6 is 0 Å². The molecule has 0 heterocycles. The van der Waals surface area contributed by atoms with E-state index in [4.69, 9.17) is 9.47 Å². The molecule has 0 radical (unpaired) electrons. The minimum Gasteiger partial charge on any atom is -0.469 e. The van der Waals surface area contributed by atoms with Crippen LogP contribution in [0, 0.1) is 17.3 Å². The number of hydrogen-bond acceptors (Lipinski definition) is 6. The largest absolute Gasteiger partial charge is 0.469 e. The smallest absolute Gasteiger partial charge is 0.408 e. The standard InChI is InChI=1S/C27H38N2O6/c1-25(2,3)35-24(32)29-22(26-12-17-10-18(13-26)15-27(33,14-17)16-26)23(31)28-20(11-21(30)34-4)19-8-6-5-7-9-19/h5-9,17-18,20,22,33H,10-16H2,1-4H3,(H,28,31)(H,29,32)/t17?,18?,20-,22+,26?,27?/m0/s1. The molecule has 0 aliphatic heterocycles. The first-order valence-corrected chi connectivity index (χ1v) is 12.5. The summed E-state index contributed by atoms with van der Waals surface area (Å²) in [5.74, 6) is -0.159. The Bertz CT molecular complexity index is 942. The third kappa shape index (κ3) is 5.80. The van der Waals surface area contributed by atoms with Crippen LogP contribution in [0.3, 0.4) is 0 Å². The van der Waals surface area contributed by atoms with E-state index in [1.807, 2.05) is 30.3 Å². The number of ether oxygens (including phenoxy) is 2. The maximum atomic E-state index is 13.9. The molecular weight excluding hydrogens is 448 g/mol. The highest BCUT2D eigenvalue weighted by Gasteiger charge is 2.61. The highest BCUT2D eigenvalue weighted by atomic mass is 16.6. The molecule has 4 saturated carbocycles. The first-order valence-electron chi connectivity index (χ1n) is 12.5. The van der Waals surface area contributed by atoms with Crippen LogP contribution in [0.25, 0.3) is 0 Å². The average molecular weight is 487 g/mol. The minimum absolute atomic E-state index is 0.0341. The second kappa shape index (κ2) is 9.45. The molecule has 192 valence electrons. The Balaban J connectivity index is 1.63. The lowest BCUT2D eigenvalue weighted by molar-refractivity contribution is -0.177. The van der Waals surface area contributed by atoms with Gasteiger partial charge in [0, 0.05) is 5.41 Å². The van der Waals surface area contributed by atoms with Crippen molar-refractivity contribution in [3.8, 4) is 0 Å². The highest BCUT2D eigenvalue weighted by Crippen LogP contribution is 2.62. The quantitative estimate of drug-likeness (QED) is 0.507. The second-order valence-electron chi connectivity index (χ2n) is 11.9. The van der Waals surface area contributed by atoms with Crippen LogP contribution in [-0.2, 0) is 19.1 Å². The van der Waals surface area contributed by atoms with Gasteiger partial charge in [0.05, 0.1) is 25.2 Å². The monoisotopic (exact) mass is 486 g/mol. The van der Waals surface area contributed by atoms with Gasteiger partial charge in [-0.15, -0.1) is 0 Å². The predicted molar refractivity (Wildman–Crippen MR) is 129 cm³/mol. The Labute approximate surface area is 207 Å². The lowest BCUT2D eigenvalue weighted by Crippen LogP contribution is -2.66. The van der Waals surface area contributed by atoms with Crippen LogP contribution in [0.1, 0.15) is 77.3 Å². The zero-order valence-corrected chi connectivity index (χ0v) is 21.1. The summed E-state index contributed by atoms with van der Waals surface area (Å²) in [6.07, 6.45) is 3.87. The van der Waals surface area contributed by atoms with Crippen LogP contribution < -0.4 is 10.6 Å². The van der Waals surface area contributed by atoms with E-state index in [-0.39, 0.29) is 12.3 Å². The van der Waals surface area contributed by atoms with Crippen LogP contribution in [0.2, 0.25) is 0 Å². The summed E-state index contributed by atoms with van der Waals surface area (Å²) in [6, 6.07) is 7.74. The van der Waals surface area contributed by atoms with Gasteiger partial charge in [0.1, 0.15) is 11.6 Å². The van der Waals surface area contributed by atoms with Gasteiger partial charge in [-0.05, 0) is 76.7 Å². The van der Waals surface area contributed by atoms with Crippen molar-refractivity contribution in [1.29, 1.82) is 0 Å². The van der Waals surface area contributed by atoms with E-state index in [1.54, 1.807) is 20.8 Å². The van der Waals surface area contributed by atoms with Crippen molar-refractivity contribution in [2.75, 3.05) is 7.11 Å². The molecule has 0 saturated heterocycles. The number of methoxy groups -OCH3 is 1. The number of carbonyl (C=O) groups excluding carboxylic acids is 3. The fraction of sp³-hybridized carbons (Fsp3) is 0.667. The molecule has 3 N–H and O–H groups in total. The van der Waals surface area contributed by atoms with Crippen LogP contribution in [0.15, 0.2) is 30.3 Å². The molecular formula is C27H38N2O6. The predicted octanol–water partition coefficient (Wildman–Crippen LogP) is 3.63. The van der Waals surface area contributed by atoms with E-state index in [2.05, 4.69) is 10.6 Å². The Morgan fingerprint density at radius 1 is 1.06 bits per heavy atom. The number of rotatable bonds is 7. The number of alkyl carbamates (subject to hydrolysis) is 1. The Kier molecular flexibility index (Phi) is 6.88. The Hall–Kier alpha value is -2.61. The minimum atomic E-state index is -0.890. The summed E-state index contributed by atoms with van der Waals surface area (Å²) in [7, 11) is 1.31. The van der Waals surface area contributed by atoms with Gasteiger partial charge in [0.25, 0.3) is 0 Å². The zero-order chi connectivity index (χ0) is 25.4. The molecule has 8 heteroatoms. The Morgan fingerprint density at radius 3 is 2.23 bits per heavy atom. The number of esters is 1. The van der Waals surface area contributed by atoms with E-state index in [0.29, 0.717) is 18.3 Å². The van der Waals surface area contributed by atoms with Gasteiger partial charge in [-0.2, -0.15) is 0 Å². The number of aliphatic hydroxyl groups is 1. The van der Waals surface area contributed by atoms with Crippen molar-refractivity contribution in [1.82, 2.24) is 10.6 Å². The summed E-state index contributed by atoms with van der Waals surface area (Å²) in [5.41, 5.74) is -1.32. The van der Waals surface area contributed by atoms with Crippen molar-refractivity contribution in [3.63, 3.8) is 0 Å². The van der Waals surface area contributed by atoms with E-state index in [1.165, 1.54) is 7.11 Å². The number of carbonyl (C=O) groups is 3. The van der Waals surface area contributed by atoms with Crippen LogP contribution in [-0.4, -0.2) is 47.4 Å². The summed E-state index contributed by atoms with van der Waals surface area (Å²) >= 11 is 0. The van der Waals surface area contributed by atoms with Crippen molar-refractivity contribution in [2.45, 2.75) is 89.0 Å². The molecule has 4 aliphatic carbocycles. The molecule has 8 nitrogen and oxygen atoms in total. The van der Waals surface area contributed by atoms with Crippen molar-refractivity contribution >= 4 is 18.0 Å². The van der Waals surface area contributed by atoms with E-state index in [0.717, 1.165) is 37.7 Å². The topological polar surface area (TPSA) is 114 Å². The summed E-state index contributed by atoms with van der Waals surface area (Å²) in [5, 5.41) is 17.2. The SMILES string of the molecule is COC(=O)C[C@H](NC(=O)[C@@H](NC(=O)OC(C)(C)C)C12CC3CC(CC(O)(C3)C1)C2)c1ccccc1.